The van der Waals surface area contributed by atoms with Crippen molar-refractivity contribution in [3.05, 3.63) is 30.5 Å². The van der Waals surface area contributed by atoms with E-state index in [1.54, 1.807) is 7.11 Å². The van der Waals surface area contributed by atoms with Crippen LogP contribution in [0.4, 0.5) is 0 Å². The predicted octanol–water partition coefficient (Wildman–Crippen LogP) is 1.57. The first-order valence-corrected chi connectivity index (χ1v) is 5.91. The molecular weight excluding hydrogens is 246 g/mol. The Morgan fingerprint density at radius 1 is 1.37 bits per heavy atom. The molecule has 0 radical (unpaired) electrons. The number of methoxy groups -OCH3 is 2. The van der Waals surface area contributed by atoms with Crippen LogP contribution < -0.4 is 4.74 Å². The highest BCUT2D eigenvalue weighted by Crippen LogP contribution is 2.23. The largest absolute Gasteiger partial charge is 0.497 e. The highest BCUT2D eigenvalue weighted by molar-refractivity contribution is 5.83. The summed E-state index contributed by atoms with van der Waals surface area (Å²) in [6.45, 7) is 1.57. The minimum Gasteiger partial charge on any atom is -0.497 e. The molecule has 0 aliphatic heterocycles. The van der Waals surface area contributed by atoms with Crippen molar-refractivity contribution in [3.63, 3.8) is 0 Å². The van der Waals surface area contributed by atoms with Crippen LogP contribution in [0.15, 0.2) is 30.5 Å². The lowest BCUT2D eigenvalue weighted by Gasteiger charge is -2.21. The maximum atomic E-state index is 11.5. The summed E-state index contributed by atoms with van der Waals surface area (Å²) in [5, 5.41) is 11.1. The second-order valence-corrected chi connectivity index (χ2v) is 4.63. The first-order valence-electron chi connectivity index (χ1n) is 5.91. The van der Waals surface area contributed by atoms with Crippen LogP contribution >= 0.6 is 0 Å². The van der Waals surface area contributed by atoms with Gasteiger partial charge in [0.2, 0.25) is 0 Å². The van der Waals surface area contributed by atoms with Gasteiger partial charge in [-0.05, 0) is 31.2 Å². The van der Waals surface area contributed by atoms with Crippen molar-refractivity contribution in [1.82, 2.24) is 4.57 Å². The minimum absolute atomic E-state index is 0.134. The van der Waals surface area contributed by atoms with E-state index in [1.165, 1.54) is 14.0 Å². The number of hydrogen-bond donors (Lipinski definition) is 1. The molecule has 2 aromatic rings. The van der Waals surface area contributed by atoms with Crippen LogP contribution in [0.5, 0.6) is 5.75 Å². The smallest absolute Gasteiger partial charge is 0.339 e. The number of carbonyl (C=O) groups is 1. The van der Waals surface area contributed by atoms with E-state index >= 15 is 0 Å². The van der Waals surface area contributed by atoms with Crippen molar-refractivity contribution in [2.24, 2.45) is 0 Å². The maximum Gasteiger partial charge on any atom is 0.339 e. The van der Waals surface area contributed by atoms with Gasteiger partial charge in [-0.3, -0.25) is 0 Å². The summed E-state index contributed by atoms with van der Waals surface area (Å²) in [4.78, 5) is 11.5. The number of fused-ring (bicyclic) bond motifs is 1. The third-order valence-electron chi connectivity index (χ3n) is 3.08. The molecule has 0 fully saturated rings. The Hall–Kier alpha value is -2.01. The second-order valence-electron chi connectivity index (χ2n) is 4.63. The lowest BCUT2D eigenvalue weighted by molar-refractivity contribution is -0.161. The Labute approximate surface area is 111 Å². The molecule has 1 aromatic heterocycles. The van der Waals surface area contributed by atoms with Crippen molar-refractivity contribution in [2.45, 2.75) is 19.1 Å². The van der Waals surface area contributed by atoms with Crippen LogP contribution in [0.25, 0.3) is 10.9 Å². The lowest BCUT2D eigenvalue weighted by atomic mass is 10.1. The Bertz CT molecular complexity index is 601. The molecule has 1 heterocycles. The summed E-state index contributed by atoms with van der Waals surface area (Å²) in [5.41, 5.74) is -0.634. The molecule has 0 aliphatic rings. The molecule has 0 saturated carbocycles. The number of benzene rings is 1. The molecule has 0 bridgehead atoms. The Morgan fingerprint density at radius 3 is 2.74 bits per heavy atom. The Morgan fingerprint density at radius 2 is 2.11 bits per heavy atom. The van der Waals surface area contributed by atoms with Gasteiger partial charge in [-0.1, -0.05) is 0 Å². The molecule has 1 aromatic carbocycles. The molecule has 5 heteroatoms. The van der Waals surface area contributed by atoms with Gasteiger partial charge >= 0.3 is 5.97 Å². The van der Waals surface area contributed by atoms with E-state index < -0.39 is 11.6 Å². The summed E-state index contributed by atoms with van der Waals surface area (Å²) in [6.07, 6.45) is 1.82. The average molecular weight is 263 g/mol. The fourth-order valence-corrected chi connectivity index (χ4v) is 2.06. The second kappa shape index (κ2) is 4.93. The number of ether oxygens (including phenoxy) is 2. The van der Waals surface area contributed by atoms with E-state index in [2.05, 4.69) is 4.74 Å². The Balaban J connectivity index is 2.34. The number of esters is 1. The number of nitrogens with zero attached hydrogens (tertiary/aromatic N) is 1. The van der Waals surface area contributed by atoms with E-state index in [1.807, 2.05) is 35.0 Å². The van der Waals surface area contributed by atoms with Gasteiger partial charge in [-0.2, -0.15) is 0 Å². The van der Waals surface area contributed by atoms with Crippen molar-refractivity contribution in [2.75, 3.05) is 14.2 Å². The molecule has 0 spiro atoms. The topological polar surface area (TPSA) is 60.7 Å². The molecule has 0 aliphatic carbocycles. The first-order chi connectivity index (χ1) is 8.97. The highest BCUT2D eigenvalue weighted by atomic mass is 16.5. The summed E-state index contributed by atoms with van der Waals surface area (Å²) >= 11 is 0. The van der Waals surface area contributed by atoms with Crippen molar-refractivity contribution in [1.29, 1.82) is 0 Å². The number of hydrogen-bond acceptors (Lipinski definition) is 4. The monoisotopic (exact) mass is 263 g/mol. The molecule has 2 rings (SSSR count). The van der Waals surface area contributed by atoms with Crippen molar-refractivity contribution in [3.8, 4) is 5.75 Å². The third kappa shape index (κ3) is 2.56. The van der Waals surface area contributed by atoms with Crippen molar-refractivity contribution >= 4 is 16.9 Å². The molecule has 19 heavy (non-hydrogen) atoms. The van der Waals surface area contributed by atoms with Crippen molar-refractivity contribution < 1.29 is 19.4 Å². The number of rotatable bonds is 4. The fourth-order valence-electron chi connectivity index (χ4n) is 2.06. The van der Waals surface area contributed by atoms with Crippen LogP contribution in [0.1, 0.15) is 6.92 Å². The van der Waals surface area contributed by atoms with Gasteiger partial charge in [0.05, 0.1) is 20.8 Å². The van der Waals surface area contributed by atoms with E-state index in [4.69, 9.17) is 4.74 Å². The van der Waals surface area contributed by atoms with E-state index in [-0.39, 0.29) is 6.54 Å². The third-order valence-corrected chi connectivity index (χ3v) is 3.08. The zero-order chi connectivity index (χ0) is 14.0. The molecular formula is C14H17NO4. The Kier molecular flexibility index (Phi) is 3.48. The van der Waals surface area contributed by atoms with Gasteiger partial charge in [0.15, 0.2) is 5.60 Å². The lowest BCUT2D eigenvalue weighted by Crippen LogP contribution is -2.40. The van der Waals surface area contributed by atoms with Crippen LogP contribution in [0.2, 0.25) is 0 Å². The number of aromatic nitrogens is 1. The maximum absolute atomic E-state index is 11.5. The molecule has 102 valence electrons. The van der Waals surface area contributed by atoms with Gasteiger partial charge in [0.25, 0.3) is 0 Å². The van der Waals surface area contributed by atoms with Gasteiger partial charge in [-0.25, -0.2) is 4.79 Å². The predicted molar refractivity (Wildman–Crippen MR) is 71.1 cm³/mol. The number of aliphatic hydroxyl groups is 1. The van der Waals surface area contributed by atoms with Gasteiger partial charge < -0.3 is 19.1 Å². The molecule has 5 nitrogen and oxygen atoms in total. The fraction of sp³-hybridized carbons (Fsp3) is 0.357. The summed E-state index contributed by atoms with van der Waals surface area (Å²) in [5.74, 6) is 0.118. The van der Waals surface area contributed by atoms with Crippen LogP contribution in [0.3, 0.4) is 0 Å². The molecule has 1 N–H and O–H groups in total. The molecule has 1 unspecified atom stereocenters. The zero-order valence-corrected chi connectivity index (χ0v) is 11.2. The van der Waals surface area contributed by atoms with Crippen LogP contribution in [-0.2, 0) is 16.1 Å². The van der Waals surface area contributed by atoms with Gasteiger partial charge in [0, 0.05) is 17.1 Å². The van der Waals surface area contributed by atoms with Crippen LogP contribution in [-0.4, -0.2) is 35.5 Å². The molecule has 1 atom stereocenters. The molecule has 0 amide bonds. The van der Waals surface area contributed by atoms with E-state index in [9.17, 15) is 9.90 Å². The standard InChI is InChI=1S/C14H17NO4/c1-14(17,13(16)19-3)9-15-7-6-10-8-11(18-2)4-5-12(10)15/h4-8,17H,9H2,1-3H3. The quantitative estimate of drug-likeness (QED) is 0.851. The highest BCUT2D eigenvalue weighted by Gasteiger charge is 2.32. The summed E-state index contributed by atoms with van der Waals surface area (Å²) < 4.78 is 11.6. The zero-order valence-electron chi connectivity index (χ0n) is 11.2. The summed E-state index contributed by atoms with van der Waals surface area (Å²) in [7, 11) is 2.87. The van der Waals surface area contributed by atoms with E-state index in [0.717, 1.165) is 16.7 Å². The van der Waals surface area contributed by atoms with Gasteiger partial charge in [-0.15, -0.1) is 0 Å². The summed E-state index contributed by atoms with van der Waals surface area (Å²) in [6, 6.07) is 7.54. The first kappa shape index (κ1) is 13.4. The van der Waals surface area contributed by atoms with E-state index in [0.29, 0.717) is 0 Å². The average Bonchev–Trinajstić information content (AvgIpc) is 2.79. The minimum atomic E-state index is -1.55. The SMILES string of the molecule is COC(=O)C(C)(O)Cn1ccc2cc(OC)ccc21. The van der Waals surface area contributed by atoms with Gasteiger partial charge in [0.1, 0.15) is 5.75 Å². The number of carbonyl (C=O) groups excluding carboxylic acids is 1. The normalized spacial score (nSPS) is 14.1. The van der Waals surface area contributed by atoms with Crippen LogP contribution in [0, 0.1) is 0 Å². The molecule has 0 saturated heterocycles.